The van der Waals surface area contributed by atoms with Crippen LogP contribution in [-0.4, -0.2) is 29.2 Å². The number of alkyl halides is 2. The highest BCUT2D eigenvalue weighted by molar-refractivity contribution is 6.36. The van der Waals surface area contributed by atoms with E-state index in [0.29, 0.717) is 25.7 Å². The molecule has 0 radical (unpaired) electrons. The first-order valence-electron chi connectivity index (χ1n) is 13.6. The number of hydrogen-bond acceptors (Lipinski definition) is 3. The fourth-order valence-corrected chi connectivity index (χ4v) is 7.82. The summed E-state index contributed by atoms with van der Waals surface area (Å²) in [5.74, 6) is -2.10. The van der Waals surface area contributed by atoms with Gasteiger partial charge >= 0.3 is 0 Å². The Hall–Kier alpha value is -3.15. The average molecular weight is 562 g/mol. The molecule has 1 fully saturated rings. The summed E-state index contributed by atoms with van der Waals surface area (Å²) in [7, 11) is 0. The van der Waals surface area contributed by atoms with Gasteiger partial charge in [-0.25, -0.2) is 0 Å². The van der Waals surface area contributed by atoms with E-state index in [9.17, 15) is 14.4 Å². The second kappa shape index (κ2) is 9.79. The Morgan fingerprint density at radius 2 is 1.26 bits per heavy atom. The van der Waals surface area contributed by atoms with Crippen molar-refractivity contribution >= 4 is 46.6 Å². The van der Waals surface area contributed by atoms with E-state index in [2.05, 4.69) is 12.2 Å². The highest BCUT2D eigenvalue weighted by atomic mass is 35.5. The normalized spacial score (nSPS) is 26.3. The van der Waals surface area contributed by atoms with Crippen LogP contribution in [0.1, 0.15) is 60.4 Å². The Balaban J connectivity index is 1.14. The molecule has 3 amide bonds. The number of carbonyl (C=O) groups is 3. The van der Waals surface area contributed by atoms with E-state index in [1.807, 2.05) is 72.8 Å². The minimum absolute atomic E-state index is 0.0427. The van der Waals surface area contributed by atoms with E-state index in [4.69, 9.17) is 23.2 Å². The molecule has 3 aliphatic carbocycles. The highest BCUT2D eigenvalue weighted by Gasteiger charge is 2.72. The molecule has 3 aromatic rings. The topological polar surface area (TPSA) is 66.5 Å². The number of imide groups is 1. The van der Waals surface area contributed by atoms with Crippen LogP contribution in [0.15, 0.2) is 72.8 Å². The van der Waals surface area contributed by atoms with Crippen molar-refractivity contribution in [1.29, 1.82) is 0 Å². The van der Waals surface area contributed by atoms with Gasteiger partial charge < -0.3 is 5.32 Å². The van der Waals surface area contributed by atoms with Gasteiger partial charge in [0.15, 0.2) is 0 Å². The third-order valence-electron chi connectivity index (χ3n) is 8.61. The van der Waals surface area contributed by atoms with Crippen LogP contribution in [0, 0.1) is 11.8 Å². The summed E-state index contributed by atoms with van der Waals surface area (Å²) in [6.07, 6.45) is 3.32. The summed E-state index contributed by atoms with van der Waals surface area (Å²) in [4.78, 5) is 39.1. The maximum Gasteiger partial charge on any atom is 0.235 e. The zero-order valence-corrected chi connectivity index (χ0v) is 23.3. The number of amides is 3. The molecule has 5 nitrogen and oxygen atoms in total. The zero-order valence-electron chi connectivity index (χ0n) is 21.8. The van der Waals surface area contributed by atoms with Crippen LogP contribution in [0.4, 0.5) is 5.69 Å². The number of halogens is 2. The van der Waals surface area contributed by atoms with Gasteiger partial charge in [-0.2, -0.15) is 0 Å². The molecule has 1 aliphatic heterocycles. The second-order valence-corrected chi connectivity index (χ2v) is 11.9. The molecular formula is C32H30Cl2N2O3. The first kappa shape index (κ1) is 26.1. The smallest absolute Gasteiger partial charge is 0.235 e. The monoisotopic (exact) mass is 560 g/mol. The van der Waals surface area contributed by atoms with Crippen LogP contribution in [0.5, 0.6) is 0 Å². The van der Waals surface area contributed by atoms with Crippen molar-refractivity contribution in [2.75, 3.05) is 11.9 Å². The van der Waals surface area contributed by atoms with Crippen LogP contribution >= 0.6 is 23.2 Å². The van der Waals surface area contributed by atoms with E-state index >= 15 is 0 Å². The third-order valence-corrected chi connectivity index (χ3v) is 9.89. The van der Waals surface area contributed by atoms with Gasteiger partial charge in [-0.1, -0.05) is 74.0 Å². The number of aryl methyl sites for hydroxylation is 1. The number of nitrogens with zero attached hydrogens (tertiary/aromatic N) is 1. The van der Waals surface area contributed by atoms with E-state index in [1.165, 1.54) is 10.5 Å². The molecule has 200 valence electrons. The van der Waals surface area contributed by atoms with Crippen molar-refractivity contribution in [2.24, 2.45) is 11.8 Å². The van der Waals surface area contributed by atoms with E-state index in [-0.39, 0.29) is 24.3 Å². The zero-order chi connectivity index (χ0) is 27.4. The Kier molecular flexibility index (Phi) is 6.55. The molecule has 2 bridgehead atoms. The predicted octanol–water partition coefficient (Wildman–Crippen LogP) is 6.34. The summed E-state index contributed by atoms with van der Waals surface area (Å²) in [5, 5.41) is 2.93. The summed E-state index contributed by atoms with van der Waals surface area (Å²) in [6.45, 7) is 2.38. The summed E-state index contributed by atoms with van der Waals surface area (Å²) in [5.41, 5.74) is 5.23. The Bertz CT molecular complexity index is 1350. The second-order valence-electron chi connectivity index (χ2n) is 10.7. The molecule has 0 spiro atoms. The molecule has 7 rings (SSSR count). The molecule has 1 heterocycles. The number of nitrogens with one attached hydrogen (secondary N) is 1. The molecule has 39 heavy (non-hydrogen) atoms. The number of likely N-dealkylation sites (tertiary alicyclic amines) is 1. The average Bonchev–Trinajstić information content (AvgIpc) is 3.22. The lowest BCUT2D eigenvalue weighted by molar-refractivity contribution is -0.140. The van der Waals surface area contributed by atoms with Gasteiger partial charge in [0, 0.05) is 18.7 Å². The van der Waals surface area contributed by atoms with Crippen LogP contribution in [-0.2, 0) is 30.6 Å². The molecule has 3 aromatic carbocycles. The summed E-state index contributed by atoms with van der Waals surface area (Å²) in [6, 6.07) is 23.2. The van der Waals surface area contributed by atoms with Crippen molar-refractivity contribution in [2.45, 2.75) is 48.8 Å². The van der Waals surface area contributed by atoms with E-state index in [1.54, 1.807) is 0 Å². The number of unbranched alkanes of at least 4 members (excludes halogenated alkanes) is 2. The molecule has 0 aromatic heterocycles. The van der Waals surface area contributed by atoms with Gasteiger partial charge in [0.2, 0.25) is 17.7 Å². The minimum Gasteiger partial charge on any atom is -0.326 e. The lowest BCUT2D eigenvalue weighted by atomic mass is 9.54. The van der Waals surface area contributed by atoms with Gasteiger partial charge in [-0.15, -0.1) is 23.2 Å². The minimum atomic E-state index is -1.15. The first-order valence-corrected chi connectivity index (χ1v) is 14.4. The van der Waals surface area contributed by atoms with Gasteiger partial charge in [-0.05, 0) is 59.2 Å². The van der Waals surface area contributed by atoms with Gasteiger partial charge in [0.1, 0.15) is 9.75 Å². The standard InChI is InChI=1S/C32H30Cl2N2O3/c1-2-20-15-17-21(18-16-20)35-26(37)14-4-3-9-19-36-29(38)27-28(30(36)39)32(34)23-11-6-5-10-22(23)31(27,33)24-12-7-8-13-25(24)32/h5-8,10-13,15-18,27-28H,2-4,9,14,19H2,1H3,(H,35,37)/t27-,28-,31?,32?/m0/s1. The molecule has 2 atom stereocenters. The van der Waals surface area contributed by atoms with Crippen molar-refractivity contribution < 1.29 is 14.4 Å². The van der Waals surface area contributed by atoms with Crippen molar-refractivity contribution in [1.82, 2.24) is 4.90 Å². The van der Waals surface area contributed by atoms with Crippen molar-refractivity contribution in [3.63, 3.8) is 0 Å². The molecular weight excluding hydrogens is 531 g/mol. The number of carbonyl (C=O) groups excluding carboxylic acids is 3. The molecule has 4 aliphatic rings. The third kappa shape index (κ3) is 3.85. The Labute approximate surface area is 238 Å². The lowest BCUT2D eigenvalue weighted by Crippen LogP contribution is -2.57. The number of anilines is 1. The predicted molar refractivity (Wildman–Crippen MR) is 153 cm³/mol. The maximum absolute atomic E-state index is 13.8. The van der Waals surface area contributed by atoms with Crippen LogP contribution in [0.25, 0.3) is 0 Å². The molecule has 0 saturated carbocycles. The van der Waals surface area contributed by atoms with Gasteiger partial charge in [0.25, 0.3) is 0 Å². The van der Waals surface area contributed by atoms with Gasteiger partial charge in [0.05, 0.1) is 11.8 Å². The van der Waals surface area contributed by atoms with Crippen LogP contribution in [0.2, 0.25) is 0 Å². The fourth-order valence-electron chi connectivity index (χ4n) is 6.72. The highest BCUT2D eigenvalue weighted by Crippen LogP contribution is 2.69. The number of benzene rings is 3. The summed E-state index contributed by atoms with van der Waals surface area (Å²) >= 11 is 14.9. The first-order chi connectivity index (χ1) is 18.8. The van der Waals surface area contributed by atoms with E-state index < -0.39 is 21.6 Å². The Morgan fingerprint density at radius 1 is 0.769 bits per heavy atom. The molecule has 1 saturated heterocycles. The fraction of sp³-hybridized carbons (Fsp3) is 0.344. The molecule has 0 unspecified atom stereocenters. The number of rotatable bonds is 8. The van der Waals surface area contributed by atoms with E-state index in [0.717, 1.165) is 34.4 Å². The number of hydrogen-bond donors (Lipinski definition) is 1. The van der Waals surface area contributed by atoms with Crippen LogP contribution < -0.4 is 5.32 Å². The molecule has 7 heteroatoms. The Morgan fingerprint density at radius 3 is 1.72 bits per heavy atom. The van der Waals surface area contributed by atoms with Crippen molar-refractivity contribution in [3.8, 4) is 0 Å². The SMILES string of the molecule is CCc1ccc(NC(=O)CCCCCN2C(=O)[C@@H]3[C@@H](C2=O)C2(Cl)c4ccccc4C3(Cl)c3ccccc32)cc1. The lowest BCUT2D eigenvalue weighted by Gasteiger charge is -2.54. The quantitative estimate of drug-likeness (QED) is 0.198. The maximum atomic E-state index is 13.8. The largest absolute Gasteiger partial charge is 0.326 e. The van der Waals surface area contributed by atoms with Gasteiger partial charge in [-0.3, -0.25) is 19.3 Å². The van der Waals surface area contributed by atoms with Crippen LogP contribution in [0.3, 0.4) is 0 Å². The summed E-state index contributed by atoms with van der Waals surface area (Å²) < 4.78 is 0. The molecule has 1 N–H and O–H groups in total. The van der Waals surface area contributed by atoms with Crippen molar-refractivity contribution in [3.05, 3.63) is 101 Å².